The van der Waals surface area contributed by atoms with E-state index in [0.29, 0.717) is 23.9 Å². The average Bonchev–Trinajstić information content (AvgIpc) is 3.29. The van der Waals surface area contributed by atoms with Gasteiger partial charge in [-0.05, 0) is 89.9 Å². The van der Waals surface area contributed by atoms with Crippen LogP contribution in [0.3, 0.4) is 0 Å². The van der Waals surface area contributed by atoms with Crippen molar-refractivity contribution in [1.82, 2.24) is 0 Å². The quantitative estimate of drug-likeness (QED) is 0.0195. The number of hydrogen-bond acceptors (Lipinski definition) is 8. The maximum absolute atomic E-state index is 12.8. The van der Waals surface area contributed by atoms with Gasteiger partial charge in [-0.15, -0.1) is 0 Å². The van der Waals surface area contributed by atoms with Crippen LogP contribution in [0.15, 0.2) is 85.1 Å². The Kier molecular flexibility index (Phi) is 46.2. The Morgan fingerprint density at radius 3 is 1.27 bits per heavy atom. The number of carbonyl (C=O) groups is 2. The number of quaternary nitrogens is 1. The molecule has 0 saturated carbocycles. The Balaban J connectivity index is 4.22. The van der Waals surface area contributed by atoms with Crippen molar-refractivity contribution in [3.63, 3.8) is 0 Å². The number of nitrogens with zero attached hydrogens (tertiary/aromatic N) is 1. The Morgan fingerprint density at radius 2 is 0.851 bits per heavy atom. The zero-order chi connectivity index (χ0) is 49.2. The van der Waals surface area contributed by atoms with E-state index in [9.17, 15) is 19.0 Å². The molecule has 0 amide bonds. The third kappa shape index (κ3) is 52.4. The Morgan fingerprint density at radius 1 is 0.478 bits per heavy atom. The molecule has 0 bridgehead atoms. The molecule has 0 heterocycles. The molecule has 0 spiro atoms. The van der Waals surface area contributed by atoms with Crippen LogP contribution in [-0.4, -0.2) is 70.0 Å². The van der Waals surface area contributed by atoms with Crippen LogP contribution in [0.25, 0.3) is 0 Å². The van der Waals surface area contributed by atoms with E-state index in [2.05, 4.69) is 98.9 Å². The van der Waals surface area contributed by atoms with Gasteiger partial charge in [-0.1, -0.05) is 195 Å². The molecular formula is C57H100NO8P. The minimum Gasteiger partial charge on any atom is -0.756 e. The molecule has 0 fully saturated rings. The van der Waals surface area contributed by atoms with E-state index < -0.39 is 32.5 Å². The number of phosphoric ester groups is 1. The van der Waals surface area contributed by atoms with Crippen LogP contribution >= 0.6 is 7.82 Å². The Bertz CT molecular complexity index is 1410. The van der Waals surface area contributed by atoms with E-state index in [1.165, 1.54) is 77.0 Å². The molecule has 67 heavy (non-hydrogen) atoms. The summed E-state index contributed by atoms with van der Waals surface area (Å²) in [4.78, 5) is 37.8. The summed E-state index contributed by atoms with van der Waals surface area (Å²) < 4.78 is 34.1. The number of ether oxygens (including phenoxy) is 2. The number of allylic oxidation sites excluding steroid dienone is 14. The molecule has 9 nitrogen and oxygen atoms in total. The maximum Gasteiger partial charge on any atom is 0.306 e. The van der Waals surface area contributed by atoms with E-state index in [4.69, 9.17) is 18.5 Å². The molecule has 386 valence electrons. The monoisotopic (exact) mass is 958 g/mol. The van der Waals surface area contributed by atoms with Gasteiger partial charge in [-0.25, -0.2) is 0 Å². The number of carbonyl (C=O) groups excluding carboxylic acids is 2. The van der Waals surface area contributed by atoms with E-state index >= 15 is 0 Å². The number of phosphoric acid groups is 1. The molecule has 0 aliphatic heterocycles. The van der Waals surface area contributed by atoms with Gasteiger partial charge in [-0.2, -0.15) is 0 Å². The number of likely N-dealkylation sites (N-methyl/N-ethyl adjacent to an activating group) is 1. The van der Waals surface area contributed by atoms with E-state index in [-0.39, 0.29) is 26.1 Å². The second kappa shape index (κ2) is 48.2. The highest BCUT2D eigenvalue weighted by molar-refractivity contribution is 7.45. The summed E-state index contributed by atoms with van der Waals surface area (Å²) in [5, 5.41) is 0. The smallest absolute Gasteiger partial charge is 0.306 e. The van der Waals surface area contributed by atoms with Crippen LogP contribution in [0.2, 0.25) is 0 Å². The molecule has 0 aliphatic carbocycles. The first kappa shape index (κ1) is 64.2. The second-order valence-corrected chi connectivity index (χ2v) is 20.3. The highest BCUT2D eigenvalue weighted by atomic mass is 31.2. The maximum atomic E-state index is 12.8. The summed E-state index contributed by atoms with van der Waals surface area (Å²) in [5.41, 5.74) is 0. The zero-order valence-corrected chi connectivity index (χ0v) is 44.5. The first-order chi connectivity index (χ1) is 32.5. The van der Waals surface area contributed by atoms with Gasteiger partial charge in [-0.3, -0.25) is 14.2 Å². The lowest BCUT2D eigenvalue weighted by Gasteiger charge is -2.28. The lowest BCUT2D eigenvalue weighted by atomic mass is 10.0. The summed E-state index contributed by atoms with van der Waals surface area (Å²) in [5.74, 6) is -0.856. The standard InChI is InChI=1S/C57H100NO8P/c1-6-8-10-12-14-16-18-20-22-24-25-26-27-28-29-30-31-32-33-34-36-38-40-42-44-46-48-50-57(60)66-55(54-65-67(61,62)64-52-51-58(3,4)5)53-63-56(59)49-47-45-43-41-39-37-35-23-21-19-17-15-13-11-9-7-2/h8,10,14,16-17,19-20,22-23,25-26,28-29,35,55H,6-7,9,11-13,15,18,21,24,27,30-34,36-54H2,1-5H3/b10-8-,16-14-,19-17-,22-20-,26-25-,29-28-,35-23-. The number of esters is 2. The predicted octanol–water partition coefficient (Wildman–Crippen LogP) is 15.7. The third-order valence-corrected chi connectivity index (χ3v) is 12.1. The number of hydrogen-bond donors (Lipinski definition) is 0. The molecule has 0 aromatic heterocycles. The fraction of sp³-hybridized carbons (Fsp3) is 0.719. The molecule has 2 unspecified atom stereocenters. The Hall–Kier alpha value is -2.81. The van der Waals surface area contributed by atoms with E-state index in [0.717, 1.165) is 96.3 Å². The van der Waals surface area contributed by atoms with Crippen LogP contribution in [0.5, 0.6) is 0 Å². The molecule has 2 atom stereocenters. The molecule has 0 saturated heterocycles. The lowest BCUT2D eigenvalue weighted by molar-refractivity contribution is -0.870. The highest BCUT2D eigenvalue weighted by Crippen LogP contribution is 2.38. The van der Waals surface area contributed by atoms with Crippen LogP contribution in [-0.2, 0) is 32.7 Å². The summed E-state index contributed by atoms with van der Waals surface area (Å²) >= 11 is 0. The van der Waals surface area contributed by atoms with Crippen molar-refractivity contribution in [2.45, 2.75) is 219 Å². The molecule has 0 aliphatic rings. The van der Waals surface area contributed by atoms with Gasteiger partial charge >= 0.3 is 11.9 Å². The van der Waals surface area contributed by atoms with Crippen LogP contribution in [0, 0.1) is 0 Å². The minimum absolute atomic E-state index is 0.0374. The molecule has 0 aromatic rings. The first-order valence-electron chi connectivity index (χ1n) is 26.8. The molecule has 10 heteroatoms. The summed E-state index contributed by atoms with van der Waals surface area (Å²) in [6, 6.07) is 0. The predicted molar refractivity (Wildman–Crippen MR) is 282 cm³/mol. The molecule has 0 aromatic carbocycles. The first-order valence-corrected chi connectivity index (χ1v) is 28.3. The number of unbranched alkanes of at least 4 members (excludes halogenated alkanes) is 20. The molecular weight excluding hydrogens is 858 g/mol. The second-order valence-electron chi connectivity index (χ2n) is 18.9. The summed E-state index contributed by atoms with van der Waals surface area (Å²) in [6.07, 6.45) is 63.3. The number of rotatable bonds is 48. The molecule has 0 N–H and O–H groups in total. The van der Waals surface area contributed by atoms with Crippen molar-refractivity contribution < 1.29 is 42.1 Å². The van der Waals surface area contributed by atoms with Gasteiger partial charge in [0.25, 0.3) is 7.82 Å². The zero-order valence-electron chi connectivity index (χ0n) is 43.6. The van der Waals surface area contributed by atoms with E-state index in [1.54, 1.807) is 0 Å². The van der Waals surface area contributed by atoms with Crippen molar-refractivity contribution in [2.75, 3.05) is 47.5 Å². The van der Waals surface area contributed by atoms with Crippen molar-refractivity contribution in [3.05, 3.63) is 85.1 Å². The highest BCUT2D eigenvalue weighted by Gasteiger charge is 2.21. The van der Waals surface area contributed by atoms with Gasteiger partial charge in [0.05, 0.1) is 27.7 Å². The fourth-order valence-electron chi connectivity index (χ4n) is 7.01. The van der Waals surface area contributed by atoms with E-state index in [1.807, 2.05) is 21.1 Å². The normalized spacial score (nSPS) is 14.1. The average molecular weight is 958 g/mol. The van der Waals surface area contributed by atoms with Gasteiger partial charge in [0.1, 0.15) is 19.8 Å². The van der Waals surface area contributed by atoms with Crippen molar-refractivity contribution in [3.8, 4) is 0 Å². The summed E-state index contributed by atoms with van der Waals surface area (Å²) in [6.45, 7) is 4.08. The SMILES string of the molecule is CC/C=C\C/C=C\C/C=C\C/C=C\C/C=C\CCCCCCCCCCCCCC(=O)OC(COC(=O)CCCCCCC/C=C\C/C=C\CCCCCC)COP(=O)([O-])OCC[N+](C)(C)C. The van der Waals surface area contributed by atoms with Gasteiger partial charge in [0.2, 0.25) is 0 Å². The van der Waals surface area contributed by atoms with Crippen LogP contribution in [0.1, 0.15) is 213 Å². The minimum atomic E-state index is -4.64. The van der Waals surface area contributed by atoms with Crippen molar-refractivity contribution in [1.29, 1.82) is 0 Å². The van der Waals surface area contributed by atoms with Gasteiger partial charge in [0.15, 0.2) is 6.10 Å². The molecule has 0 rings (SSSR count). The Labute approximate surface area is 411 Å². The molecule has 0 radical (unpaired) electrons. The van der Waals surface area contributed by atoms with Gasteiger partial charge in [0, 0.05) is 12.8 Å². The summed E-state index contributed by atoms with van der Waals surface area (Å²) in [7, 11) is 1.15. The van der Waals surface area contributed by atoms with Gasteiger partial charge < -0.3 is 27.9 Å². The van der Waals surface area contributed by atoms with Crippen molar-refractivity contribution in [2.24, 2.45) is 0 Å². The van der Waals surface area contributed by atoms with Crippen LogP contribution in [0.4, 0.5) is 0 Å². The van der Waals surface area contributed by atoms with Crippen molar-refractivity contribution >= 4 is 19.8 Å². The largest absolute Gasteiger partial charge is 0.756 e. The third-order valence-electron chi connectivity index (χ3n) is 11.1. The van der Waals surface area contributed by atoms with Crippen LogP contribution < -0.4 is 4.89 Å². The lowest BCUT2D eigenvalue weighted by Crippen LogP contribution is -2.37. The topological polar surface area (TPSA) is 111 Å². The fourth-order valence-corrected chi connectivity index (χ4v) is 7.73.